The molecule has 6 heteroatoms. The molecule has 22 heavy (non-hydrogen) atoms. The van der Waals surface area contributed by atoms with Crippen LogP contribution in [0, 0.1) is 12.8 Å². The molecule has 2 heterocycles. The molecule has 0 atom stereocenters. The molecule has 0 aromatic carbocycles. The molecule has 0 unspecified atom stereocenters. The first kappa shape index (κ1) is 17.2. The van der Waals surface area contributed by atoms with Crippen molar-refractivity contribution >= 4 is 17.4 Å². The van der Waals surface area contributed by atoms with Crippen LogP contribution in [0.5, 0.6) is 0 Å². The molecule has 1 N–H and O–H groups in total. The SMILES string of the molecule is Cc1ncsc1CNCC1CCN(C(=O)OC(C)(C)C)CC1. The molecule has 1 amide bonds. The Balaban J connectivity index is 1.67. The molecule has 0 bridgehead atoms. The van der Waals surface area contributed by atoms with E-state index in [9.17, 15) is 4.79 Å². The lowest BCUT2D eigenvalue weighted by Crippen LogP contribution is -2.43. The number of piperidine rings is 1. The second kappa shape index (κ2) is 7.42. The summed E-state index contributed by atoms with van der Waals surface area (Å²) < 4.78 is 5.42. The first-order valence-electron chi connectivity index (χ1n) is 7.93. The van der Waals surface area contributed by atoms with Gasteiger partial charge >= 0.3 is 6.09 Å². The van der Waals surface area contributed by atoms with Crippen molar-refractivity contribution in [3.8, 4) is 0 Å². The molecular formula is C16H27N3O2S. The number of hydrogen-bond acceptors (Lipinski definition) is 5. The first-order chi connectivity index (χ1) is 10.3. The molecular weight excluding hydrogens is 298 g/mol. The number of hydrogen-bond donors (Lipinski definition) is 1. The molecule has 1 aromatic heterocycles. The lowest BCUT2D eigenvalue weighted by atomic mass is 9.97. The highest BCUT2D eigenvalue weighted by molar-refractivity contribution is 7.09. The van der Waals surface area contributed by atoms with Crippen LogP contribution in [-0.4, -0.2) is 41.2 Å². The highest BCUT2D eigenvalue weighted by atomic mass is 32.1. The van der Waals surface area contributed by atoms with Crippen molar-refractivity contribution in [1.29, 1.82) is 0 Å². The Bertz CT molecular complexity index is 488. The van der Waals surface area contributed by atoms with Crippen LogP contribution in [-0.2, 0) is 11.3 Å². The van der Waals surface area contributed by atoms with Gasteiger partial charge in [0.15, 0.2) is 0 Å². The monoisotopic (exact) mass is 325 g/mol. The summed E-state index contributed by atoms with van der Waals surface area (Å²) in [7, 11) is 0. The topological polar surface area (TPSA) is 54.5 Å². The van der Waals surface area contributed by atoms with Crippen molar-refractivity contribution in [2.24, 2.45) is 5.92 Å². The highest BCUT2D eigenvalue weighted by Gasteiger charge is 2.26. The third-order valence-electron chi connectivity index (χ3n) is 3.83. The molecule has 2 rings (SSSR count). The predicted molar refractivity (Wildman–Crippen MR) is 89.1 cm³/mol. The largest absolute Gasteiger partial charge is 0.444 e. The van der Waals surface area contributed by atoms with Crippen molar-refractivity contribution in [2.45, 2.75) is 52.7 Å². The van der Waals surface area contributed by atoms with Gasteiger partial charge in [0.25, 0.3) is 0 Å². The van der Waals surface area contributed by atoms with E-state index in [1.54, 1.807) is 11.3 Å². The lowest BCUT2D eigenvalue weighted by molar-refractivity contribution is 0.0184. The summed E-state index contributed by atoms with van der Waals surface area (Å²) in [6.07, 6.45) is 1.89. The molecule has 0 spiro atoms. The summed E-state index contributed by atoms with van der Waals surface area (Å²) in [5.74, 6) is 0.631. The number of ether oxygens (including phenoxy) is 1. The van der Waals surface area contributed by atoms with Gasteiger partial charge < -0.3 is 15.0 Å². The molecule has 124 valence electrons. The van der Waals surface area contributed by atoms with Crippen LogP contribution in [0.2, 0.25) is 0 Å². The number of thiazole rings is 1. The third kappa shape index (κ3) is 5.25. The molecule has 0 radical (unpaired) electrons. The first-order valence-corrected chi connectivity index (χ1v) is 8.81. The van der Waals surface area contributed by atoms with Gasteiger partial charge in [-0.2, -0.15) is 0 Å². The summed E-state index contributed by atoms with van der Waals surface area (Å²) >= 11 is 1.70. The maximum atomic E-state index is 12.0. The number of nitrogens with one attached hydrogen (secondary N) is 1. The maximum absolute atomic E-state index is 12.0. The van der Waals surface area contributed by atoms with Crippen molar-refractivity contribution in [2.75, 3.05) is 19.6 Å². The maximum Gasteiger partial charge on any atom is 0.410 e. The summed E-state index contributed by atoms with van der Waals surface area (Å²) in [5.41, 5.74) is 2.60. The Kier molecular flexibility index (Phi) is 5.81. The molecule has 5 nitrogen and oxygen atoms in total. The zero-order valence-electron chi connectivity index (χ0n) is 14.0. The standard InChI is InChI=1S/C16H27N3O2S/c1-12-14(22-11-18-12)10-17-9-13-5-7-19(8-6-13)15(20)21-16(2,3)4/h11,13,17H,5-10H2,1-4H3. The lowest BCUT2D eigenvalue weighted by Gasteiger charge is -2.33. The van der Waals surface area contributed by atoms with Gasteiger partial charge in [0, 0.05) is 24.5 Å². The van der Waals surface area contributed by atoms with Gasteiger partial charge in [0.1, 0.15) is 5.60 Å². The smallest absolute Gasteiger partial charge is 0.410 e. The quantitative estimate of drug-likeness (QED) is 0.924. The number of rotatable bonds is 4. The Morgan fingerprint density at radius 3 is 2.68 bits per heavy atom. The van der Waals surface area contributed by atoms with Gasteiger partial charge in [-0.3, -0.25) is 0 Å². The Hall–Kier alpha value is -1.14. The summed E-state index contributed by atoms with van der Waals surface area (Å²) in [5, 5.41) is 3.52. The minimum absolute atomic E-state index is 0.181. The number of amides is 1. The van der Waals surface area contributed by atoms with Crippen molar-refractivity contribution < 1.29 is 9.53 Å². The van der Waals surface area contributed by atoms with Crippen LogP contribution in [0.3, 0.4) is 0 Å². The van der Waals surface area contributed by atoms with Gasteiger partial charge in [0.2, 0.25) is 0 Å². The molecule has 0 aliphatic carbocycles. The molecule has 1 aliphatic rings. The highest BCUT2D eigenvalue weighted by Crippen LogP contribution is 2.19. The van der Waals surface area contributed by atoms with Crippen LogP contribution >= 0.6 is 11.3 Å². The molecule has 1 aliphatic heterocycles. The fourth-order valence-electron chi connectivity index (χ4n) is 2.53. The minimum Gasteiger partial charge on any atom is -0.444 e. The van der Waals surface area contributed by atoms with Gasteiger partial charge in [-0.1, -0.05) is 0 Å². The summed E-state index contributed by atoms with van der Waals surface area (Å²) in [6, 6.07) is 0. The number of aryl methyl sites for hydroxylation is 1. The average molecular weight is 325 g/mol. The second-order valence-electron chi connectivity index (χ2n) is 6.90. The normalized spacial score (nSPS) is 16.8. The van der Waals surface area contributed by atoms with Crippen LogP contribution in [0.1, 0.15) is 44.2 Å². The molecule has 1 saturated heterocycles. The van der Waals surface area contributed by atoms with E-state index in [1.807, 2.05) is 38.1 Å². The van der Waals surface area contributed by atoms with E-state index in [1.165, 1.54) is 4.88 Å². The summed E-state index contributed by atoms with van der Waals surface area (Å²) in [4.78, 5) is 19.4. The van der Waals surface area contributed by atoms with Crippen molar-refractivity contribution in [3.63, 3.8) is 0 Å². The minimum atomic E-state index is -0.415. The Morgan fingerprint density at radius 2 is 2.14 bits per heavy atom. The zero-order chi connectivity index (χ0) is 16.2. The van der Waals surface area contributed by atoms with Gasteiger partial charge in [0.05, 0.1) is 11.2 Å². The fraction of sp³-hybridized carbons (Fsp3) is 0.750. The Morgan fingerprint density at radius 1 is 1.45 bits per heavy atom. The fourth-order valence-corrected chi connectivity index (χ4v) is 3.28. The van der Waals surface area contributed by atoms with Crippen LogP contribution in [0.4, 0.5) is 4.79 Å². The molecule has 1 fully saturated rings. The van der Waals surface area contributed by atoms with Crippen LogP contribution in [0.25, 0.3) is 0 Å². The van der Waals surface area contributed by atoms with E-state index in [0.29, 0.717) is 5.92 Å². The number of likely N-dealkylation sites (tertiary alicyclic amines) is 1. The third-order valence-corrected chi connectivity index (χ3v) is 4.76. The van der Waals surface area contributed by atoms with Gasteiger partial charge in [-0.05, 0) is 53.0 Å². The zero-order valence-corrected chi connectivity index (χ0v) is 14.8. The van der Waals surface area contributed by atoms with E-state index >= 15 is 0 Å². The van der Waals surface area contributed by atoms with Crippen LogP contribution in [0.15, 0.2) is 5.51 Å². The number of carbonyl (C=O) groups excluding carboxylic acids is 1. The van der Waals surface area contributed by atoms with E-state index in [-0.39, 0.29) is 6.09 Å². The van der Waals surface area contributed by atoms with E-state index < -0.39 is 5.60 Å². The molecule has 0 saturated carbocycles. The van der Waals surface area contributed by atoms with Crippen molar-refractivity contribution in [3.05, 3.63) is 16.1 Å². The van der Waals surface area contributed by atoms with Crippen molar-refractivity contribution in [1.82, 2.24) is 15.2 Å². The number of aromatic nitrogens is 1. The van der Waals surface area contributed by atoms with Gasteiger partial charge in [-0.25, -0.2) is 9.78 Å². The predicted octanol–water partition coefficient (Wildman–Crippen LogP) is 3.19. The number of carbonyl (C=O) groups is 1. The summed E-state index contributed by atoms with van der Waals surface area (Å²) in [6.45, 7) is 11.2. The van der Waals surface area contributed by atoms with E-state index in [2.05, 4.69) is 10.3 Å². The Labute approximate surface area is 137 Å². The van der Waals surface area contributed by atoms with E-state index in [4.69, 9.17) is 4.74 Å². The second-order valence-corrected chi connectivity index (χ2v) is 7.84. The number of nitrogens with zero attached hydrogens (tertiary/aromatic N) is 2. The average Bonchev–Trinajstić information content (AvgIpc) is 2.83. The molecule has 1 aromatic rings. The van der Waals surface area contributed by atoms with Crippen LogP contribution < -0.4 is 5.32 Å². The van der Waals surface area contributed by atoms with E-state index in [0.717, 1.165) is 44.7 Å². The van der Waals surface area contributed by atoms with Gasteiger partial charge in [-0.15, -0.1) is 11.3 Å².